The zero-order valence-electron chi connectivity index (χ0n) is 11.2. The number of rotatable bonds is 4. The number of nitrogens with zero attached hydrogens (tertiary/aromatic N) is 1. The first kappa shape index (κ1) is 15.4. The largest absolute Gasteiger partial charge is 0.355 e. The quantitative estimate of drug-likeness (QED) is 0.471. The van der Waals surface area contributed by atoms with Crippen molar-refractivity contribution in [2.24, 2.45) is 5.73 Å². The summed E-state index contributed by atoms with van der Waals surface area (Å²) in [4.78, 5) is 36.2. The summed E-state index contributed by atoms with van der Waals surface area (Å²) in [5.74, 6) is -0.628. The van der Waals surface area contributed by atoms with E-state index < -0.39 is 24.0 Å². The lowest BCUT2D eigenvalue weighted by molar-refractivity contribution is -0.132. The Bertz CT molecular complexity index is 360. The zero-order valence-corrected chi connectivity index (χ0v) is 11.2. The third-order valence-corrected chi connectivity index (χ3v) is 3.06. The van der Waals surface area contributed by atoms with Crippen molar-refractivity contribution in [3.8, 4) is 0 Å². The van der Waals surface area contributed by atoms with Crippen molar-refractivity contribution in [3.05, 3.63) is 0 Å². The Balaban J connectivity index is 2.72. The number of hydrogen-bond donors (Lipinski definition) is 4. The lowest BCUT2D eigenvalue weighted by atomic mass is 10.1. The molecule has 0 aromatic carbocycles. The van der Waals surface area contributed by atoms with E-state index in [4.69, 9.17) is 5.73 Å². The van der Waals surface area contributed by atoms with Crippen molar-refractivity contribution in [2.75, 3.05) is 26.2 Å². The zero-order chi connectivity index (χ0) is 14.4. The Morgan fingerprint density at radius 3 is 2.74 bits per heavy atom. The monoisotopic (exact) mass is 271 g/mol. The molecule has 0 bridgehead atoms. The lowest BCUT2D eigenvalue weighted by Crippen LogP contribution is -2.63. The minimum absolute atomic E-state index is 0.131. The molecule has 0 spiro atoms. The number of nitrogens with one attached hydrogen (secondary N) is 3. The number of likely N-dealkylation sites (N-methyl/N-ethyl adjacent to an activating group) is 1. The molecule has 2 atom stereocenters. The normalized spacial score (nSPS) is 21.5. The fourth-order valence-electron chi connectivity index (χ4n) is 2.10. The smallest absolute Gasteiger partial charge is 0.318 e. The number of piperazine rings is 1. The molecule has 1 heterocycles. The third-order valence-electron chi connectivity index (χ3n) is 3.06. The Morgan fingerprint density at radius 1 is 1.47 bits per heavy atom. The molecule has 8 nitrogen and oxygen atoms in total. The van der Waals surface area contributed by atoms with Gasteiger partial charge < -0.3 is 16.4 Å². The molecule has 1 saturated heterocycles. The number of urea groups is 1. The maximum Gasteiger partial charge on any atom is 0.318 e. The van der Waals surface area contributed by atoms with Gasteiger partial charge in [0.05, 0.1) is 6.04 Å². The molecule has 0 saturated carbocycles. The summed E-state index contributed by atoms with van der Waals surface area (Å²) in [6.45, 7) is 5.72. The lowest BCUT2D eigenvalue weighted by Gasteiger charge is -2.38. The molecule has 5 N–H and O–H groups in total. The number of imide groups is 1. The van der Waals surface area contributed by atoms with Crippen molar-refractivity contribution in [2.45, 2.75) is 25.9 Å². The van der Waals surface area contributed by atoms with E-state index in [2.05, 4.69) is 10.6 Å². The van der Waals surface area contributed by atoms with Crippen molar-refractivity contribution in [3.63, 3.8) is 0 Å². The van der Waals surface area contributed by atoms with Gasteiger partial charge in [-0.15, -0.1) is 0 Å². The van der Waals surface area contributed by atoms with Crippen LogP contribution in [0.4, 0.5) is 4.79 Å². The molecule has 0 radical (unpaired) electrons. The van der Waals surface area contributed by atoms with Gasteiger partial charge in [0.25, 0.3) is 0 Å². The molecule has 108 valence electrons. The van der Waals surface area contributed by atoms with Crippen LogP contribution in [0.3, 0.4) is 0 Å². The highest BCUT2D eigenvalue weighted by Gasteiger charge is 2.34. The summed E-state index contributed by atoms with van der Waals surface area (Å²) in [6.07, 6.45) is 0. The van der Waals surface area contributed by atoms with Crippen LogP contribution in [-0.2, 0) is 9.59 Å². The molecule has 2 unspecified atom stereocenters. The SMILES string of the molecule is CCNC(=O)C1CNCCN1C(C)C(=O)NC(N)=O. The fraction of sp³-hybridized carbons (Fsp3) is 0.727. The first-order valence-corrected chi connectivity index (χ1v) is 6.31. The highest BCUT2D eigenvalue weighted by atomic mass is 16.2. The summed E-state index contributed by atoms with van der Waals surface area (Å²) in [5, 5.41) is 7.89. The van der Waals surface area contributed by atoms with Gasteiger partial charge in [-0.3, -0.25) is 19.8 Å². The maximum atomic E-state index is 11.9. The van der Waals surface area contributed by atoms with Gasteiger partial charge in [-0.05, 0) is 13.8 Å². The minimum Gasteiger partial charge on any atom is -0.355 e. The number of carbonyl (C=O) groups is 3. The Labute approximate surface area is 112 Å². The number of nitrogens with two attached hydrogens (primary N) is 1. The third kappa shape index (κ3) is 4.18. The average Bonchev–Trinajstić information content (AvgIpc) is 2.37. The molecule has 19 heavy (non-hydrogen) atoms. The van der Waals surface area contributed by atoms with E-state index >= 15 is 0 Å². The van der Waals surface area contributed by atoms with Crippen molar-refractivity contribution in [1.29, 1.82) is 0 Å². The number of carbonyl (C=O) groups excluding carboxylic acids is 3. The summed E-state index contributed by atoms with van der Waals surface area (Å²) >= 11 is 0. The summed E-state index contributed by atoms with van der Waals surface area (Å²) in [5.41, 5.74) is 4.92. The standard InChI is InChI=1S/C11H21N5O3/c1-3-14-10(18)8-6-13-4-5-16(8)7(2)9(17)15-11(12)19/h7-8,13H,3-6H2,1-2H3,(H,14,18)(H3,12,15,17,19). The van der Waals surface area contributed by atoms with E-state index in [0.29, 0.717) is 26.2 Å². The van der Waals surface area contributed by atoms with Crippen LogP contribution < -0.4 is 21.7 Å². The summed E-state index contributed by atoms with van der Waals surface area (Å²) in [7, 11) is 0. The van der Waals surface area contributed by atoms with Crippen LogP contribution in [0.25, 0.3) is 0 Å². The molecular formula is C11H21N5O3. The van der Waals surface area contributed by atoms with Crippen molar-refractivity contribution in [1.82, 2.24) is 20.9 Å². The minimum atomic E-state index is -0.887. The molecule has 0 aromatic rings. The molecule has 1 aliphatic heterocycles. The van der Waals surface area contributed by atoms with Crippen molar-refractivity contribution >= 4 is 17.8 Å². The van der Waals surface area contributed by atoms with Crippen LogP contribution in [0.2, 0.25) is 0 Å². The Hall–Kier alpha value is -1.67. The van der Waals surface area contributed by atoms with Crippen LogP contribution in [0.15, 0.2) is 0 Å². The van der Waals surface area contributed by atoms with Crippen LogP contribution in [0.1, 0.15) is 13.8 Å². The predicted octanol–water partition coefficient (Wildman–Crippen LogP) is -2.02. The van der Waals surface area contributed by atoms with Crippen LogP contribution in [0, 0.1) is 0 Å². The van der Waals surface area contributed by atoms with Gasteiger partial charge in [-0.2, -0.15) is 0 Å². The molecular weight excluding hydrogens is 250 g/mol. The van der Waals surface area contributed by atoms with E-state index in [9.17, 15) is 14.4 Å². The number of primary amides is 1. The van der Waals surface area contributed by atoms with Gasteiger partial charge in [0.15, 0.2) is 0 Å². The highest BCUT2D eigenvalue weighted by molar-refractivity contribution is 5.96. The Kier molecular flexibility index (Phi) is 5.71. The summed E-state index contributed by atoms with van der Waals surface area (Å²) < 4.78 is 0. The van der Waals surface area contributed by atoms with Gasteiger partial charge in [0.1, 0.15) is 6.04 Å². The molecule has 1 aliphatic rings. The second kappa shape index (κ2) is 7.05. The van der Waals surface area contributed by atoms with E-state index in [-0.39, 0.29) is 5.91 Å². The van der Waals surface area contributed by atoms with Crippen LogP contribution in [0.5, 0.6) is 0 Å². The molecule has 0 aliphatic carbocycles. The Morgan fingerprint density at radius 2 is 2.16 bits per heavy atom. The number of hydrogen-bond acceptors (Lipinski definition) is 5. The van der Waals surface area contributed by atoms with E-state index in [1.54, 1.807) is 11.8 Å². The van der Waals surface area contributed by atoms with E-state index in [1.807, 2.05) is 12.2 Å². The second-order valence-corrected chi connectivity index (χ2v) is 4.38. The van der Waals surface area contributed by atoms with E-state index in [0.717, 1.165) is 0 Å². The highest BCUT2D eigenvalue weighted by Crippen LogP contribution is 2.09. The van der Waals surface area contributed by atoms with Gasteiger partial charge in [0, 0.05) is 26.2 Å². The van der Waals surface area contributed by atoms with E-state index in [1.165, 1.54) is 0 Å². The maximum absolute atomic E-state index is 11.9. The topological polar surface area (TPSA) is 117 Å². The first-order chi connectivity index (χ1) is 8.97. The number of amides is 4. The van der Waals surface area contributed by atoms with Gasteiger partial charge in [0.2, 0.25) is 11.8 Å². The first-order valence-electron chi connectivity index (χ1n) is 6.31. The fourth-order valence-corrected chi connectivity index (χ4v) is 2.10. The van der Waals surface area contributed by atoms with Crippen molar-refractivity contribution < 1.29 is 14.4 Å². The predicted molar refractivity (Wildman–Crippen MR) is 69.2 cm³/mol. The molecule has 1 fully saturated rings. The van der Waals surface area contributed by atoms with Crippen LogP contribution >= 0.6 is 0 Å². The second-order valence-electron chi connectivity index (χ2n) is 4.38. The van der Waals surface area contributed by atoms with Gasteiger partial charge in [-0.1, -0.05) is 0 Å². The molecule has 1 rings (SSSR count). The van der Waals surface area contributed by atoms with Gasteiger partial charge in [-0.25, -0.2) is 4.79 Å². The molecule has 0 aromatic heterocycles. The molecule has 8 heteroatoms. The average molecular weight is 271 g/mol. The molecule has 4 amide bonds. The van der Waals surface area contributed by atoms with Gasteiger partial charge >= 0.3 is 6.03 Å². The summed E-state index contributed by atoms with van der Waals surface area (Å²) in [6, 6.07) is -1.91. The van der Waals surface area contributed by atoms with Crippen LogP contribution in [-0.4, -0.2) is 61.0 Å².